The van der Waals surface area contributed by atoms with E-state index in [9.17, 15) is 4.79 Å². The van der Waals surface area contributed by atoms with E-state index in [1.165, 1.54) is 0 Å². The first-order valence-electron chi connectivity index (χ1n) is 8.25. The zero-order valence-corrected chi connectivity index (χ0v) is 14.9. The normalized spacial score (nSPS) is 20.8. The second kappa shape index (κ2) is 7.77. The molecule has 1 aromatic heterocycles. The number of morpholine rings is 1. The predicted octanol–water partition coefficient (Wildman–Crippen LogP) is 3.17. The first-order chi connectivity index (χ1) is 11.6. The van der Waals surface area contributed by atoms with Gasteiger partial charge in [-0.15, -0.1) is 11.3 Å². The van der Waals surface area contributed by atoms with E-state index in [4.69, 9.17) is 4.74 Å². The molecule has 0 unspecified atom stereocenters. The van der Waals surface area contributed by atoms with Crippen molar-refractivity contribution in [2.24, 2.45) is 0 Å². The van der Waals surface area contributed by atoms with Gasteiger partial charge >= 0.3 is 6.03 Å². The number of carbonyl (C=O) groups is 1. The number of hydrogen-bond acceptors (Lipinski definition) is 4. The number of carbonyl (C=O) groups excluding carboxylic acids is 1. The van der Waals surface area contributed by atoms with Crippen molar-refractivity contribution in [3.63, 3.8) is 0 Å². The van der Waals surface area contributed by atoms with E-state index < -0.39 is 0 Å². The molecule has 5 nitrogen and oxygen atoms in total. The first kappa shape index (κ1) is 16.9. The monoisotopic (exact) mass is 345 g/mol. The van der Waals surface area contributed by atoms with Crippen LogP contribution >= 0.6 is 11.3 Å². The van der Waals surface area contributed by atoms with Crippen LogP contribution in [0.15, 0.2) is 35.7 Å². The van der Waals surface area contributed by atoms with Crippen LogP contribution in [0.1, 0.15) is 29.2 Å². The molecule has 2 atom stereocenters. The summed E-state index contributed by atoms with van der Waals surface area (Å²) in [4.78, 5) is 19.0. The molecule has 0 bridgehead atoms. The highest BCUT2D eigenvalue weighted by Crippen LogP contribution is 2.26. The molecule has 2 heterocycles. The zero-order valence-electron chi connectivity index (χ0n) is 14.1. The number of urea groups is 1. The van der Waals surface area contributed by atoms with Gasteiger partial charge in [0.05, 0.1) is 29.5 Å². The number of benzene rings is 1. The lowest BCUT2D eigenvalue weighted by Crippen LogP contribution is -2.50. The lowest BCUT2D eigenvalue weighted by Gasteiger charge is -2.38. The fraction of sp³-hybridized carbons (Fsp3) is 0.444. The lowest BCUT2D eigenvalue weighted by atomic mass is 10.0. The highest BCUT2D eigenvalue weighted by Gasteiger charge is 2.31. The minimum absolute atomic E-state index is 0.0362. The van der Waals surface area contributed by atoms with E-state index in [2.05, 4.69) is 10.3 Å². The van der Waals surface area contributed by atoms with Crippen LogP contribution in [0.25, 0.3) is 0 Å². The summed E-state index contributed by atoms with van der Waals surface area (Å²) in [6, 6.07) is 9.98. The van der Waals surface area contributed by atoms with Crippen molar-refractivity contribution >= 4 is 17.4 Å². The van der Waals surface area contributed by atoms with Crippen molar-refractivity contribution in [1.29, 1.82) is 0 Å². The van der Waals surface area contributed by atoms with Gasteiger partial charge in [-0.25, -0.2) is 9.78 Å². The number of amides is 2. The fourth-order valence-electron chi connectivity index (χ4n) is 2.90. The Morgan fingerprint density at radius 2 is 2.21 bits per heavy atom. The van der Waals surface area contributed by atoms with Crippen LogP contribution < -0.4 is 5.32 Å². The highest BCUT2D eigenvalue weighted by molar-refractivity contribution is 7.09. The van der Waals surface area contributed by atoms with Crippen molar-refractivity contribution in [2.45, 2.75) is 32.4 Å². The third-order valence-corrected chi connectivity index (χ3v) is 4.96. The molecule has 1 aliphatic heterocycles. The Bertz CT molecular complexity index is 674. The molecule has 24 heavy (non-hydrogen) atoms. The van der Waals surface area contributed by atoms with Crippen LogP contribution in [0.5, 0.6) is 0 Å². The topological polar surface area (TPSA) is 54.5 Å². The molecule has 0 radical (unpaired) electrons. The predicted molar refractivity (Wildman–Crippen MR) is 95.3 cm³/mol. The van der Waals surface area contributed by atoms with E-state index in [0.717, 1.165) is 22.7 Å². The standard InChI is InChI=1S/C18H23N3O2S/c1-13-10-21(17(11-23-13)15-6-4-3-5-7-15)18(22)19-9-8-16-12-24-14(2)20-16/h3-7,12-13,17H,8-11H2,1-2H3,(H,19,22)/t13-,17-/m0/s1. The summed E-state index contributed by atoms with van der Waals surface area (Å²) in [5.41, 5.74) is 2.14. The number of ether oxygens (including phenoxy) is 1. The lowest BCUT2D eigenvalue weighted by molar-refractivity contribution is -0.0380. The molecule has 1 aliphatic rings. The van der Waals surface area contributed by atoms with Crippen LogP contribution in [-0.4, -0.2) is 41.7 Å². The minimum atomic E-state index is -0.0380. The molecule has 2 aromatic rings. The van der Waals surface area contributed by atoms with Gasteiger partial charge in [-0.1, -0.05) is 30.3 Å². The molecule has 0 saturated carbocycles. The van der Waals surface area contributed by atoms with Crippen LogP contribution in [-0.2, 0) is 11.2 Å². The van der Waals surface area contributed by atoms with Gasteiger partial charge in [0.25, 0.3) is 0 Å². The Labute approximate surface area is 146 Å². The van der Waals surface area contributed by atoms with Crippen molar-refractivity contribution in [3.8, 4) is 0 Å². The highest BCUT2D eigenvalue weighted by atomic mass is 32.1. The Hall–Kier alpha value is -1.92. The average molecular weight is 345 g/mol. The third kappa shape index (κ3) is 4.13. The van der Waals surface area contributed by atoms with E-state index in [-0.39, 0.29) is 18.2 Å². The summed E-state index contributed by atoms with van der Waals surface area (Å²) < 4.78 is 5.77. The van der Waals surface area contributed by atoms with Gasteiger partial charge < -0.3 is 15.0 Å². The number of nitrogens with zero attached hydrogens (tertiary/aromatic N) is 2. The smallest absolute Gasteiger partial charge is 0.318 e. The Balaban J connectivity index is 1.61. The van der Waals surface area contributed by atoms with Gasteiger partial charge in [0, 0.05) is 24.9 Å². The average Bonchev–Trinajstić information content (AvgIpc) is 3.01. The van der Waals surface area contributed by atoms with Crippen LogP contribution in [0.2, 0.25) is 0 Å². The van der Waals surface area contributed by atoms with Crippen molar-refractivity contribution in [1.82, 2.24) is 15.2 Å². The molecule has 2 amide bonds. The Kier molecular flexibility index (Phi) is 5.48. The summed E-state index contributed by atoms with van der Waals surface area (Å²) in [7, 11) is 0. The SMILES string of the molecule is Cc1nc(CCNC(=O)N2C[C@H](C)OC[C@H]2c2ccccc2)cs1. The summed E-state index contributed by atoms with van der Waals surface area (Å²) in [6.07, 6.45) is 0.809. The van der Waals surface area contributed by atoms with Gasteiger partial charge in [0.2, 0.25) is 0 Å². The molecular weight excluding hydrogens is 322 g/mol. The number of thiazole rings is 1. The quantitative estimate of drug-likeness (QED) is 0.926. The number of hydrogen-bond donors (Lipinski definition) is 1. The maximum absolute atomic E-state index is 12.7. The molecule has 1 saturated heterocycles. The van der Waals surface area contributed by atoms with Crippen LogP contribution in [0, 0.1) is 6.92 Å². The summed E-state index contributed by atoms with van der Waals surface area (Å²) in [5, 5.41) is 6.13. The van der Waals surface area contributed by atoms with Crippen LogP contribution in [0.4, 0.5) is 4.79 Å². The van der Waals surface area contributed by atoms with Gasteiger partial charge in [-0.3, -0.25) is 0 Å². The molecular formula is C18H23N3O2S. The molecule has 1 aromatic carbocycles. The van der Waals surface area contributed by atoms with Gasteiger partial charge in [-0.05, 0) is 19.4 Å². The molecule has 0 spiro atoms. The van der Waals surface area contributed by atoms with Gasteiger partial charge in [-0.2, -0.15) is 0 Å². The molecule has 128 valence electrons. The van der Waals surface area contributed by atoms with Crippen molar-refractivity contribution < 1.29 is 9.53 Å². The molecule has 1 N–H and O–H groups in total. The number of rotatable bonds is 4. The summed E-state index contributed by atoms with van der Waals surface area (Å²) in [6.45, 7) is 5.71. The van der Waals surface area contributed by atoms with Gasteiger partial charge in [0.1, 0.15) is 0 Å². The van der Waals surface area contributed by atoms with Crippen molar-refractivity contribution in [3.05, 3.63) is 52.0 Å². The number of aryl methyl sites for hydroxylation is 1. The fourth-order valence-corrected chi connectivity index (χ4v) is 3.55. The zero-order chi connectivity index (χ0) is 16.9. The molecule has 1 fully saturated rings. The molecule has 3 rings (SSSR count). The molecule has 6 heteroatoms. The number of nitrogens with one attached hydrogen (secondary N) is 1. The maximum Gasteiger partial charge on any atom is 0.318 e. The van der Waals surface area contributed by atoms with E-state index >= 15 is 0 Å². The molecule has 0 aliphatic carbocycles. The third-order valence-electron chi connectivity index (χ3n) is 4.14. The van der Waals surface area contributed by atoms with E-state index in [1.54, 1.807) is 11.3 Å². The van der Waals surface area contributed by atoms with Crippen LogP contribution in [0.3, 0.4) is 0 Å². The van der Waals surface area contributed by atoms with Gasteiger partial charge in [0.15, 0.2) is 0 Å². The second-order valence-electron chi connectivity index (χ2n) is 6.06. The van der Waals surface area contributed by atoms with E-state index in [1.807, 2.05) is 54.5 Å². The maximum atomic E-state index is 12.7. The summed E-state index contributed by atoms with van der Waals surface area (Å²) in [5.74, 6) is 0. The second-order valence-corrected chi connectivity index (χ2v) is 7.12. The largest absolute Gasteiger partial charge is 0.374 e. The number of aromatic nitrogens is 1. The Morgan fingerprint density at radius 1 is 1.42 bits per heavy atom. The van der Waals surface area contributed by atoms with E-state index in [0.29, 0.717) is 19.7 Å². The summed E-state index contributed by atoms with van der Waals surface area (Å²) >= 11 is 1.64. The van der Waals surface area contributed by atoms with Crippen molar-refractivity contribution in [2.75, 3.05) is 19.7 Å². The minimum Gasteiger partial charge on any atom is -0.374 e. The Morgan fingerprint density at radius 3 is 2.92 bits per heavy atom. The first-order valence-corrected chi connectivity index (χ1v) is 9.13.